The van der Waals surface area contributed by atoms with Crippen molar-refractivity contribution in [3.05, 3.63) is 0 Å². The van der Waals surface area contributed by atoms with Crippen LogP contribution in [0.25, 0.3) is 0 Å². The van der Waals surface area contributed by atoms with Crippen molar-refractivity contribution >= 4 is 5.97 Å². The third-order valence-corrected chi connectivity index (χ3v) is 5.32. The minimum Gasteiger partial charge on any atom is -0.459 e. The van der Waals surface area contributed by atoms with Crippen LogP contribution in [0.3, 0.4) is 0 Å². The summed E-state index contributed by atoms with van der Waals surface area (Å²) >= 11 is 0. The van der Waals surface area contributed by atoms with Gasteiger partial charge in [-0.3, -0.25) is 4.79 Å². The van der Waals surface area contributed by atoms with Gasteiger partial charge in [0, 0.05) is 0 Å². The van der Waals surface area contributed by atoms with Gasteiger partial charge in [0.05, 0.1) is 5.92 Å². The van der Waals surface area contributed by atoms with E-state index in [-0.39, 0.29) is 6.42 Å². The van der Waals surface area contributed by atoms with Gasteiger partial charge in [0.1, 0.15) is 0 Å². The lowest BCUT2D eigenvalue weighted by Gasteiger charge is -2.45. The van der Waals surface area contributed by atoms with Crippen molar-refractivity contribution in [2.24, 2.45) is 5.92 Å². The van der Waals surface area contributed by atoms with E-state index < -0.39 is 84.1 Å². The third kappa shape index (κ3) is 5.21. The highest BCUT2D eigenvalue weighted by molar-refractivity contribution is 5.71. The molecule has 0 aliphatic heterocycles. The van der Waals surface area contributed by atoms with Gasteiger partial charge in [0.15, 0.2) is 6.61 Å². The van der Waals surface area contributed by atoms with Crippen LogP contribution in [0.4, 0.5) is 96.6 Å². The average Bonchev–Trinajstić information content (AvgIpc) is 2.80. The molecule has 0 N–H and O–H groups in total. The molecule has 0 saturated carbocycles. The van der Waals surface area contributed by atoms with Crippen molar-refractivity contribution in [3.63, 3.8) is 0 Å². The zero-order valence-corrected chi connectivity index (χ0v) is 19.2. The Morgan fingerprint density at radius 3 is 1.07 bits per heavy atom. The Kier molecular flexibility index (Phi) is 10.0. The molecule has 0 saturated heterocycles. The lowest BCUT2D eigenvalue weighted by molar-refractivity contribution is -0.471. The molecule has 0 amide bonds. The van der Waals surface area contributed by atoms with Gasteiger partial charge >= 0.3 is 71.6 Å². The van der Waals surface area contributed by atoms with Crippen LogP contribution in [0.2, 0.25) is 0 Å². The van der Waals surface area contributed by atoms with E-state index in [4.69, 9.17) is 0 Å². The van der Waals surface area contributed by atoms with E-state index in [1.165, 1.54) is 0 Å². The molecule has 0 spiro atoms. The molecule has 0 heterocycles. The Hall–Kier alpha value is -2.07. The van der Waals surface area contributed by atoms with Gasteiger partial charge < -0.3 is 4.74 Å². The van der Waals surface area contributed by atoms with Crippen LogP contribution in [0, 0.1) is 5.92 Å². The zero-order valence-electron chi connectivity index (χ0n) is 19.2. The predicted octanol–water partition coefficient (Wildman–Crippen LogP) is 8.19. The fourth-order valence-corrected chi connectivity index (χ4v) is 2.32. The highest BCUT2D eigenvalue weighted by atomic mass is 19.4. The first-order valence-corrected chi connectivity index (χ1v) is 9.79. The number of esters is 1. The summed E-state index contributed by atoms with van der Waals surface area (Å²) in [6.07, 6.45) is -6.55. The molecule has 2 nitrogen and oxygen atoms in total. The standard InChI is InChI=1S/C17H12F22O2/c1-3-5(2)6(40)41-4-8(20,21)10(24,25)12(28,29)14(32,33)16(36,37)17(38,39)15(34,35)13(30,31)11(26,27)9(22,23)7(18)19/h5,7H,3-4H2,1-2H3. The van der Waals surface area contributed by atoms with Crippen molar-refractivity contribution < 1.29 is 106 Å². The van der Waals surface area contributed by atoms with Crippen LogP contribution >= 0.6 is 0 Å². The van der Waals surface area contributed by atoms with Crippen molar-refractivity contribution in [2.45, 2.75) is 85.9 Å². The Balaban J connectivity index is 6.95. The summed E-state index contributed by atoms with van der Waals surface area (Å²) in [4.78, 5) is 11.2. The first-order chi connectivity index (χ1) is 17.6. The Morgan fingerprint density at radius 1 is 0.537 bits per heavy atom. The SMILES string of the molecule is CCC(C)C(=O)OCC(F)(F)C(F)(F)C(F)(F)C(F)(F)C(F)(F)C(F)(F)C(F)(F)C(F)(F)C(F)(F)C(F)(F)C(F)F. The maximum absolute atomic E-state index is 13.7. The van der Waals surface area contributed by atoms with Crippen molar-refractivity contribution in [1.82, 2.24) is 0 Å². The smallest absolute Gasteiger partial charge is 0.385 e. The quantitative estimate of drug-likeness (QED) is 0.138. The zero-order chi connectivity index (χ0) is 33.9. The molecular weight excluding hydrogens is 654 g/mol. The van der Waals surface area contributed by atoms with Gasteiger partial charge in [-0.05, 0) is 6.42 Å². The van der Waals surface area contributed by atoms with Gasteiger partial charge in [-0.1, -0.05) is 13.8 Å². The Labute approximate surface area is 211 Å². The summed E-state index contributed by atoms with van der Waals surface area (Å²) < 4.78 is 297. The van der Waals surface area contributed by atoms with E-state index in [0.717, 1.165) is 13.8 Å². The number of alkyl halides is 22. The molecule has 1 atom stereocenters. The number of hydrogen-bond acceptors (Lipinski definition) is 2. The van der Waals surface area contributed by atoms with Gasteiger partial charge in [-0.2, -0.15) is 87.8 Å². The van der Waals surface area contributed by atoms with E-state index >= 15 is 0 Å². The normalized spacial score (nSPS) is 16.7. The van der Waals surface area contributed by atoms with Crippen LogP contribution in [0.15, 0.2) is 0 Å². The fourth-order valence-electron chi connectivity index (χ4n) is 2.32. The minimum atomic E-state index is -9.31. The summed E-state index contributed by atoms with van der Waals surface area (Å²) in [6, 6.07) is 0. The molecule has 0 fully saturated rings. The number of rotatable bonds is 14. The van der Waals surface area contributed by atoms with E-state index in [0.29, 0.717) is 0 Å². The number of ether oxygens (including phenoxy) is 1. The predicted molar refractivity (Wildman–Crippen MR) is 85.9 cm³/mol. The molecule has 246 valence electrons. The minimum absolute atomic E-state index is 0.350. The summed E-state index contributed by atoms with van der Waals surface area (Å²) in [5, 5.41) is 0. The maximum Gasteiger partial charge on any atom is 0.385 e. The van der Waals surface area contributed by atoms with Crippen molar-refractivity contribution in [1.29, 1.82) is 0 Å². The molecule has 0 aromatic heterocycles. The number of halogens is 22. The summed E-state index contributed by atoms with van der Waals surface area (Å²) in [5.41, 5.74) is 0. The Bertz CT molecular complexity index is 938. The second kappa shape index (κ2) is 10.6. The number of carbonyl (C=O) groups excluding carboxylic acids is 1. The van der Waals surface area contributed by atoms with Gasteiger partial charge in [0.25, 0.3) is 0 Å². The fraction of sp³-hybridized carbons (Fsp3) is 0.941. The van der Waals surface area contributed by atoms with E-state index in [9.17, 15) is 101 Å². The molecule has 0 aromatic carbocycles. The topological polar surface area (TPSA) is 26.3 Å². The largest absolute Gasteiger partial charge is 0.459 e. The van der Waals surface area contributed by atoms with E-state index in [1.54, 1.807) is 0 Å². The molecule has 0 aromatic rings. The molecule has 41 heavy (non-hydrogen) atoms. The number of hydrogen-bond donors (Lipinski definition) is 0. The summed E-state index contributed by atoms with van der Waals surface area (Å²) in [6.45, 7) is -1.51. The van der Waals surface area contributed by atoms with Crippen LogP contribution in [-0.4, -0.2) is 78.2 Å². The molecule has 0 radical (unpaired) electrons. The van der Waals surface area contributed by atoms with E-state index in [1.807, 2.05) is 0 Å². The van der Waals surface area contributed by atoms with Gasteiger partial charge in [0.2, 0.25) is 0 Å². The van der Waals surface area contributed by atoms with Crippen LogP contribution < -0.4 is 0 Å². The Morgan fingerprint density at radius 2 is 0.805 bits per heavy atom. The first-order valence-electron chi connectivity index (χ1n) is 9.79. The first kappa shape index (κ1) is 38.9. The molecule has 0 rings (SSSR count). The molecule has 0 bridgehead atoms. The molecular formula is C17H12F22O2. The second-order valence-electron chi connectivity index (χ2n) is 8.14. The van der Waals surface area contributed by atoms with Gasteiger partial charge in [-0.25, -0.2) is 8.78 Å². The van der Waals surface area contributed by atoms with Crippen molar-refractivity contribution in [3.8, 4) is 0 Å². The average molecular weight is 666 g/mol. The molecule has 0 aliphatic carbocycles. The highest BCUT2D eigenvalue weighted by Gasteiger charge is 2.98. The number of carbonyl (C=O) groups is 1. The molecule has 24 heteroatoms. The van der Waals surface area contributed by atoms with Gasteiger partial charge in [-0.15, -0.1) is 0 Å². The highest BCUT2D eigenvalue weighted by Crippen LogP contribution is 2.66. The van der Waals surface area contributed by atoms with Crippen LogP contribution in [-0.2, 0) is 9.53 Å². The molecule has 1 unspecified atom stereocenters. The lowest BCUT2D eigenvalue weighted by Crippen LogP contribution is -2.77. The molecule has 0 aliphatic rings. The lowest BCUT2D eigenvalue weighted by atomic mass is 9.85. The third-order valence-electron chi connectivity index (χ3n) is 5.32. The summed E-state index contributed by atoms with van der Waals surface area (Å²) in [7, 11) is 0. The maximum atomic E-state index is 13.7. The van der Waals surface area contributed by atoms with Crippen LogP contribution in [0.1, 0.15) is 20.3 Å². The summed E-state index contributed by atoms with van der Waals surface area (Å²) in [5.74, 6) is -89.8. The second-order valence-corrected chi connectivity index (χ2v) is 8.14. The van der Waals surface area contributed by atoms with Crippen LogP contribution in [0.5, 0.6) is 0 Å². The monoisotopic (exact) mass is 666 g/mol. The van der Waals surface area contributed by atoms with Crippen molar-refractivity contribution in [2.75, 3.05) is 6.61 Å². The van der Waals surface area contributed by atoms with E-state index in [2.05, 4.69) is 4.74 Å².